The predicted octanol–water partition coefficient (Wildman–Crippen LogP) is 4.68. The number of ether oxygens (including phenoxy) is 1. The number of nitrogens with zero attached hydrogens (tertiary/aromatic N) is 1. The third-order valence-electron chi connectivity index (χ3n) is 3.15. The van der Waals surface area contributed by atoms with E-state index in [1.54, 1.807) is 6.20 Å². The molecule has 2 aromatic rings. The maximum absolute atomic E-state index is 13.1. The van der Waals surface area contributed by atoms with Crippen LogP contribution in [0.4, 0.5) is 4.39 Å². The molecule has 0 spiro atoms. The predicted molar refractivity (Wildman–Crippen MR) is 83.3 cm³/mol. The molecule has 21 heavy (non-hydrogen) atoms. The fourth-order valence-electron chi connectivity index (χ4n) is 1.89. The maximum atomic E-state index is 13.1. The normalized spacial score (nSPS) is 14.2. The summed E-state index contributed by atoms with van der Waals surface area (Å²) in [5.74, 6) is 0.465. The molecule has 1 aromatic heterocycles. The Morgan fingerprint density at radius 2 is 2.19 bits per heavy atom. The molecule has 0 bridgehead atoms. The summed E-state index contributed by atoms with van der Waals surface area (Å²) in [4.78, 5) is 4.27. The van der Waals surface area contributed by atoms with Gasteiger partial charge in [0.2, 0.25) is 5.88 Å². The SMILES string of the molecule is Fc1ccc(Oc2ncc(Br)cc2CNC2CC2)c(Cl)c1. The number of pyridine rings is 1. The van der Waals surface area contributed by atoms with E-state index in [1.165, 1.54) is 31.0 Å². The minimum absolute atomic E-state index is 0.223. The average molecular weight is 372 g/mol. The molecule has 1 heterocycles. The van der Waals surface area contributed by atoms with E-state index in [-0.39, 0.29) is 5.02 Å². The lowest BCUT2D eigenvalue weighted by Gasteiger charge is -2.12. The first-order valence-corrected chi connectivity index (χ1v) is 7.79. The minimum atomic E-state index is -0.397. The molecule has 1 saturated carbocycles. The van der Waals surface area contributed by atoms with Crippen LogP contribution < -0.4 is 10.1 Å². The third kappa shape index (κ3) is 3.93. The Hall–Kier alpha value is -1.17. The standard InChI is InChI=1S/C15H13BrClFN2O/c16-10-5-9(7-19-12-2-3-12)15(20-8-10)21-14-4-1-11(18)6-13(14)17/h1,4-6,8,12,19H,2-3,7H2. The van der Waals surface area contributed by atoms with Crippen molar-refractivity contribution >= 4 is 27.5 Å². The van der Waals surface area contributed by atoms with Crippen molar-refractivity contribution in [3.8, 4) is 11.6 Å². The number of hydrogen-bond donors (Lipinski definition) is 1. The smallest absolute Gasteiger partial charge is 0.223 e. The van der Waals surface area contributed by atoms with Crippen molar-refractivity contribution in [1.82, 2.24) is 10.3 Å². The Morgan fingerprint density at radius 1 is 1.38 bits per heavy atom. The van der Waals surface area contributed by atoms with Crippen LogP contribution in [-0.2, 0) is 6.54 Å². The summed E-state index contributed by atoms with van der Waals surface area (Å²) >= 11 is 9.39. The van der Waals surface area contributed by atoms with Crippen molar-refractivity contribution in [3.05, 3.63) is 51.3 Å². The van der Waals surface area contributed by atoms with E-state index in [0.29, 0.717) is 24.2 Å². The van der Waals surface area contributed by atoms with Crippen LogP contribution in [-0.4, -0.2) is 11.0 Å². The van der Waals surface area contributed by atoms with Crippen molar-refractivity contribution in [1.29, 1.82) is 0 Å². The van der Waals surface area contributed by atoms with Gasteiger partial charge in [0, 0.05) is 28.8 Å². The van der Waals surface area contributed by atoms with Gasteiger partial charge in [-0.1, -0.05) is 11.6 Å². The molecule has 1 aromatic carbocycles. The van der Waals surface area contributed by atoms with Crippen LogP contribution >= 0.6 is 27.5 Å². The molecule has 0 amide bonds. The highest BCUT2D eigenvalue weighted by molar-refractivity contribution is 9.10. The van der Waals surface area contributed by atoms with Crippen molar-refractivity contribution in [3.63, 3.8) is 0 Å². The summed E-state index contributed by atoms with van der Waals surface area (Å²) in [6, 6.07) is 6.57. The summed E-state index contributed by atoms with van der Waals surface area (Å²) in [5.41, 5.74) is 0.927. The molecule has 3 nitrogen and oxygen atoms in total. The quantitative estimate of drug-likeness (QED) is 0.828. The fraction of sp³-hybridized carbons (Fsp3) is 0.267. The first-order valence-electron chi connectivity index (χ1n) is 6.62. The lowest BCUT2D eigenvalue weighted by atomic mass is 10.2. The summed E-state index contributed by atoms with van der Waals surface area (Å²) < 4.78 is 19.7. The number of hydrogen-bond acceptors (Lipinski definition) is 3. The van der Waals surface area contributed by atoms with Crippen molar-refractivity contribution in [2.75, 3.05) is 0 Å². The van der Waals surface area contributed by atoms with Crippen LogP contribution in [0.1, 0.15) is 18.4 Å². The highest BCUT2D eigenvalue weighted by Crippen LogP contribution is 2.31. The summed E-state index contributed by atoms with van der Waals surface area (Å²) in [6.07, 6.45) is 4.08. The molecule has 1 N–H and O–H groups in total. The molecular weight excluding hydrogens is 359 g/mol. The van der Waals surface area contributed by atoms with Crippen molar-refractivity contribution in [2.24, 2.45) is 0 Å². The molecule has 1 aliphatic carbocycles. The van der Waals surface area contributed by atoms with Crippen LogP contribution in [0.5, 0.6) is 11.6 Å². The number of rotatable bonds is 5. The Morgan fingerprint density at radius 3 is 2.90 bits per heavy atom. The van der Waals surface area contributed by atoms with Gasteiger partial charge in [0.1, 0.15) is 11.6 Å². The number of aromatic nitrogens is 1. The van der Waals surface area contributed by atoms with E-state index < -0.39 is 5.82 Å². The van der Waals surface area contributed by atoms with Gasteiger partial charge in [0.25, 0.3) is 0 Å². The second-order valence-corrected chi connectivity index (χ2v) is 6.27. The van der Waals surface area contributed by atoms with Crippen LogP contribution in [0.15, 0.2) is 34.9 Å². The first-order chi connectivity index (χ1) is 10.1. The van der Waals surface area contributed by atoms with Crippen LogP contribution in [0.2, 0.25) is 5.02 Å². The van der Waals surface area contributed by atoms with E-state index in [0.717, 1.165) is 10.0 Å². The van der Waals surface area contributed by atoms with Gasteiger partial charge in [-0.2, -0.15) is 0 Å². The Labute approximate surface area is 135 Å². The maximum Gasteiger partial charge on any atom is 0.223 e. The Kier molecular flexibility index (Phi) is 4.42. The molecule has 1 aliphatic rings. The number of benzene rings is 1. The van der Waals surface area contributed by atoms with Crippen LogP contribution in [0.3, 0.4) is 0 Å². The fourth-order valence-corrected chi connectivity index (χ4v) is 2.48. The molecule has 0 unspecified atom stereocenters. The van der Waals surface area contributed by atoms with Gasteiger partial charge in [-0.15, -0.1) is 0 Å². The van der Waals surface area contributed by atoms with Crippen LogP contribution in [0, 0.1) is 5.82 Å². The van der Waals surface area contributed by atoms with Gasteiger partial charge in [-0.05, 0) is 53.0 Å². The minimum Gasteiger partial charge on any atom is -0.437 e. The number of halogens is 3. The van der Waals surface area contributed by atoms with E-state index >= 15 is 0 Å². The molecule has 0 saturated heterocycles. The molecule has 1 fully saturated rings. The van der Waals surface area contributed by atoms with Gasteiger partial charge >= 0.3 is 0 Å². The highest BCUT2D eigenvalue weighted by Gasteiger charge is 2.21. The first kappa shape index (κ1) is 14.8. The molecule has 6 heteroatoms. The number of nitrogens with one attached hydrogen (secondary N) is 1. The lowest BCUT2D eigenvalue weighted by molar-refractivity contribution is 0.451. The van der Waals surface area contributed by atoms with Gasteiger partial charge in [-0.3, -0.25) is 0 Å². The van der Waals surface area contributed by atoms with E-state index in [4.69, 9.17) is 16.3 Å². The summed E-state index contributed by atoms with van der Waals surface area (Å²) in [5, 5.41) is 3.64. The van der Waals surface area contributed by atoms with Gasteiger partial charge in [0.15, 0.2) is 0 Å². The average Bonchev–Trinajstić information content (AvgIpc) is 3.26. The topological polar surface area (TPSA) is 34.1 Å². The summed E-state index contributed by atoms with van der Waals surface area (Å²) in [7, 11) is 0. The molecule has 0 atom stereocenters. The zero-order valence-corrected chi connectivity index (χ0v) is 13.4. The molecular formula is C15H13BrClFN2O. The second kappa shape index (κ2) is 6.30. The summed E-state index contributed by atoms with van der Waals surface area (Å²) in [6.45, 7) is 0.672. The zero-order valence-electron chi connectivity index (χ0n) is 11.1. The molecule has 3 rings (SSSR count). The van der Waals surface area contributed by atoms with E-state index in [1.807, 2.05) is 6.07 Å². The Bertz CT molecular complexity index is 664. The molecule has 110 valence electrons. The molecule has 0 aliphatic heterocycles. The van der Waals surface area contributed by atoms with Crippen molar-refractivity contribution < 1.29 is 9.13 Å². The van der Waals surface area contributed by atoms with E-state index in [9.17, 15) is 4.39 Å². The monoisotopic (exact) mass is 370 g/mol. The largest absolute Gasteiger partial charge is 0.437 e. The van der Waals surface area contributed by atoms with E-state index in [2.05, 4.69) is 26.2 Å². The highest BCUT2D eigenvalue weighted by atomic mass is 79.9. The Balaban J connectivity index is 1.82. The third-order valence-corrected chi connectivity index (χ3v) is 3.88. The second-order valence-electron chi connectivity index (χ2n) is 4.95. The zero-order chi connectivity index (χ0) is 14.8. The van der Waals surface area contributed by atoms with Gasteiger partial charge in [0.05, 0.1) is 5.02 Å². The van der Waals surface area contributed by atoms with Crippen molar-refractivity contribution in [2.45, 2.75) is 25.4 Å². The molecule has 0 radical (unpaired) electrons. The van der Waals surface area contributed by atoms with Crippen LogP contribution in [0.25, 0.3) is 0 Å². The lowest BCUT2D eigenvalue weighted by Crippen LogP contribution is -2.16. The van der Waals surface area contributed by atoms with Gasteiger partial charge < -0.3 is 10.1 Å². The van der Waals surface area contributed by atoms with Gasteiger partial charge in [-0.25, -0.2) is 9.37 Å².